The lowest BCUT2D eigenvalue weighted by molar-refractivity contribution is -0.125. The van der Waals surface area contributed by atoms with E-state index in [4.69, 9.17) is 0 Å². The summed E-state index contributed by atoms with van der Waals surface area (Å²) in [5, 5.41) is 3.19. The molecule has 3 rings (SSSR count). The van der Waals surface area contributed by atoms with E-state index in [0.717, 1.165) is 36.6 Å². The van der Waals surface area contributed by atoms with Crippen LogP contribution < -0.4 is 5.32 Å². The van der Waals surface area contributed by atoms with E-state index in [1.165, 1.54) is 0 Å². The molecule has 0 aliphatic carbocycles. The Bertz CT molecular complexity index is 890. The Labute approximate surface area is 172 Å². The standard InChI is InChI=1S/C21H29N7O/c1-14-11-15(2)23-21(22-14)26-19-12-18(24-16(3)25-19)17-8-10-28(13-17)20(29)7-6-9-27(4)5/h6-7,11-12,17H,8-10,13H2,1-5H3,(H,22,23,24,25,26)/b7-6+. The van der Waals surface area contributed by atoms with E-state index in [-0.39, 0.29) is 11.8 Å². The van der Waals surface area contributed by atoms with Crippen LogP contribution in [0, 0.1) is 20.8 Å². The molecule has 1 aliphatic heterocycles. The van der Waals surface area contributed by atoms with Crippen molar-refractivity contribution in [2.45, 2.75) is 33.1 Å². The molecule has 0 bridgehead atoms. The highest BCUT2D eigenvalue weighted by Crippen LogP contribution is 2.28. The van der Waals surface area contributed by atoms with Crippen LogP contribution in [-0.4, -0.2) is 69.4 Å². The minimum Gasteiger partial charge on any atom is -0.338 e. The fraction of sp³-hybridized carbons (Fsp3) is 0.476. The number of amides is 1. The number of likely N-dealkylation sites (tertiary alicyclic amines) is 1. The van der Waals surface area contributed by atoms with Gasteiger partial charge in [-0.15, -0.1) is 0 Å². The Morgan fingerprint density at radius 1 is 1.17 bits per heavy atom. The zero-order valence-electron chi connectivity index (χ0n) is 17.8. The number of carbonyl (C=O) groups is 1. The van der Waals surface area contributed by atoms with Crippen LogP contribution in [0.5, 0.6) is 0 Å². The third-order valence-electron chi connectivity index (χ3n) is 4.73. The Hall–Kier alpha value is -2.87. The first-order valence-corrected chi connectivity index (χ1v) is 9.85. The summed E-state index contributed by atoms with van der Waals surface area (Å²) in [7, 11) is 3.96. The molecule has 1 N–H and O–H groups in total. The fourth-order valence-electron chi connectivity index (χ4n) is 3.43. The van der Waals surface area contributed by atoms with Crippen LogP contribution in [0.1, 0.15) is 35.2 Å². The van der Waals surface area contributed by atoms with Gasteiger partial charge in [-0.25, -0.2) is 19.9 Å². The molecule has 0 saturated carbocycles. The van der Waals surface area contributed by atoms with Crippen LogP contribution in [0.4, 0.5) is 11.8 Å². The SMILES string of the molecule is Cc1cc(C)nc(Nc2cc(C3CCN(C(=O)/C=C/CN(C)C)C3)nc(C)n2)n1. The van der Waals surface area contributed by atoms with Crippen molar-refractivity contribution in [3.05, 3.63) is 47.2 Å². The summed E-state index contributed by atoms with van der Waals surface area (Å²) in [5.74, 6) is 2.14. The predicted molar refractivity (Wildman–Crippen MR) is 113 cm³/mol. The lowest BCUT2D eigenvalue weighted by atomic mass is 10.0. The van der Waals surface area contributed by atoms with Crippen molar-refractivity contribution in [3.63, 3.8) is 0 Å². The summed E-state index contributed by atoms with van der Waals surface area (Å²) in [5.41, 5.74) is 2.74. The van der Waals surface area contributed by atoms with Gasteiger partial charge >= 0.3 is 0 Å². The molecular weight excluding hydrogens is 366 g/mol. The molecule has 1 unspecified atom stereocenters. The molecule has 3 heterocycles. The number of nitrogens with one attached hydrogen (secondary N) is 1. The number of hydrogen-bond acceptors (Lipinski definition) is 7. The highest BCUT2D eigenvalue weighted by Gasteiger charge is 2.27. The second-order valence-electron chi connectivity index (χ2n) is 7.76. The van der Waals surface area contributed by atoms with Crippen LogP contribution in [0.25, 0.3) is 0 Å². The molecular formula is C21H29N7O. The quantitative estimate of drug-likeness (QED) is 0.751. The lowest BCUT2D eigenvalue weighted by Gasteiger charge is -2.15. The molecule has 2 aromatic rings. The van der Waals surface area contributed by atoms with Crippen molar-refractivity contribution < 1.29 is 4.79 Å². The van der Waals surface area contributed by atoms with Gasteiger partial charge in [0.25, 0.3) is 0 Å². The summed E-state index contributed by atoms with van der Waals surface area (Å²) >= 11 is 0. The molecule has 1 fully saturated rings. The van der Waals surface area contributed by atoms with Crippen molar-refractivity contribution in [1.29, 1.82) is 0 Å². The smallest absolute Gasteiger partial charge is 0.246 e. The number of likely N-dealkylation sites (N-methyl/N-ethyl adjacent to an activating group) is 1. The molecule has 1 saturated heterocycles. The van der Waals surface area contributed by atoms with E-state index in [0.29, 0.717) is 24.1 Å². The predicted octanol–water partition coefficient (Wildman–Crippen LogP) is 2.37. The third-order valence-corrected chi connectivity index (χ3v) is 4.73. The lowest BCUT2D eigenvalue weighted by Crippen LogP contribution is -2.27. The van der Waals surface area contributed by atoms with E-state index < -0.39 is 0 Å². The van der Waals surface area contributed by atoms with Gasteiger partial charge in [0.2, 0.25) is 11.9 Å². The van der Waals surface area contributed by atoms with Gasteiger partial charge in [0, 0.05) is 49.1 Å². The van der Waals surface area contributed by atoms with Crippen LogP contribution in [-0.2, 0) is 4.79 Å². The van der Waals surface area contributed by atoms with Crippen LogP contribution in [0.3, 0.4) is 0 Å². The van der Waals surface area contributed by atoms with E-state index in [9.17, 15) is 4.79 Å². The maximum atomic E-state index is 12.4. The maximum absolute atomic E-state index is 12.4. The molecule has 1 aliphatic rings. The molecule has 2 aromatic heterocycles. The molecule has 0 spiro atoms. The van der Waals surface area contributed by atoms with Crippen LogP contribution >= 0.6 is 0 Å². The largest absolute Gasteiger partial charge is 0.338 e. The van der Waals surface area contributed by atoms with Gasteiger partial charge in [-0.05, 0) is 47.4 Å². The van der Waals surface area contributed by atoms with Gasteiger partial charge < -0.3 is 15.1 Å². The average molecular weight is 396 g/mol. The number of nitrogens with zero attached hydrogens (tertiary/aromatic N) is 6. The average Bonchev–Trinajstić information content (AvgIpc) is 3.10. The first-order valence-electron chi connectivity index (χ1n) is 9.85. The number of rotatable bonds is 6. The normalized spacial score (nSPS) is 16.8. The highest BCUT2D eigenvalue weighted by molar-refractivity contribution is 5.87. The molecule has 8 nitrogen and oxygen atoms in total. The summed E-state index contributed by atoms with van der Waals surface area (Å²) < 4.78 is 0. The van der Waals surface area contributed by atoms with E-state index >= 15 is 0 Å². The van der Waals surface area contributed by atoms with Gasteiger partial charge in [-0.1, -0.05) is 6.08 Å². The number of anilines is 2. The summed E-state index contributed by atoms with van der Waals surface area (Å²) in [6.45, 7) is 7.91. The number of carbonyl (C=O) groups excluding carboxylic acids is 1. The molecule has 0 radical (unpaired) electrons. The van der Waals surface area contributed by atoms with Crippen LogP contribution in [0.2, 0.25) is 0 Å². The summed E-state index contributed by atoms with van der Waals surface area (Å²) in [4.78, 5) is 34.2. The number of aromatic nitrogens is 4. The Kier molecular flexibility index (Phi) is 6.53. The summed E-state index contributed by atoms with van der Waals surface area (Å²) in [6, 6.07) is 3.87. The van der Waals surface area contributed by atoms with Crippen molar-refractivity contribution in [2.75, 3.05) is 39.0 Å². The van der Waals surface area contributed by atoms with Crippen molar-refractivity contribution in [3.8, 4) is 0 Å². The number of aryl methyl sites for hydroxylation is 3. The molecule has 1 amide bonds. The van der Waals surface area contributed by atoms with Crippen molar-refractivity contribution in [1.82, 2.24) is 29.7 Å². The Balaban J connectivity index is 1.70. The molecule has 0 aromatic carbocycles. The van der Waals surface area contributed by atoms with E-state index in [1.54, 1.807) is 6.08 Å². The summed E-state index contributed by atoms with van der Waals surface area (Å²) in [6.07, 6.45) is 4.46. The molecule has 29 heavy (non-hydrogen) atoms. The third kappa shape index (κ3) is 5.80. The van der Waals surface area contributed by atoms with E-state index in [1.807, 2.05) is 62.9 Å². The van der Waals surface area contributed by atoms with Crippen molar-refractivity contribution >= 4 is 17.7 Å². The monoisotopic (exact) mass is 395 g/mol. The second-order valence-corrected chi connectivity index (χ2v) is 7.76. The van der Waals surface area contributed by atoms with Gasteiger partial charge in [0.05, 0.1) is 5.69 Å². The molecule has 8 heteroatoms. The van der Waals surface area contributed by atoms with Gasteiger partial charge in [0.15, 0.2) is 0 Å². The zero-order chi connectivity index (χ0) is 21.0. The van der Waals surface area contributed by atoms with Crippen LogP contribution in [0.15, 0.2) is 24.3 Å². The minimum absolute atomic E-state index is 0.0575. The maximum Gasteiger partial charge on any atom is 0.246 e. The first-order chi connectivity index (χ1) is 13.8. The Morgan fingerprint density at radius 2 is 1.90 bits per heavy atom. The first kappa shape index (κ1) is 20.9. The number of hydrogen-bond donors (Lipinski definition) is 1. The van der Waals surface area contributed by atoms with Gasteiger partial charge in [-0.2, -0.15) is 0 Å². The molecule has 154 valence electrons. The Morgan fingerprint density at radius 3 is 2.59 bits per heavy atom. The molecule has 1 atom stereocenters. The van der Waals surface area contributed by atoms with Crippen molar-refractivity contribution in [2.24, 2.45) is 0 Å². The van der Waals surface area contributed by atoms with Gasteiger partial charge in [-0.3, -0.25) is 4.79 Å². The zero-order valence-corrected chi connectivity index (χ0v) is 17.8. The fourth-order valence-corrected chi connectivity index (χ4v) is 3.43. The topological polar surface area (TPSA) is 87.1 Å². The van der Waals surface area contributed by atoms with E-state index in [2.05, 4.69) is 25.3 Å². The highest BCUT2D eigenvalue weighted by atomic mass is 16.2. The van der Waals surface area contributed by atoms with Gasteiger partial charge in [0.1, 0.15) is 11.6 Å². The minimum atomic E-state index is 0.0575. The second kappa shape index (κ2) is 9.09.